The molecule has 1 aromatic rings. The largest absolute Gasteiger partial charge is 0.497 e. The Morgan fingerprint density at radius 2 is 1.85 bits per heavy atom. The Hall–Kier alpha value is -1.71. The molecule has 0 spiro atoms. The van der Waals surface area contributed by atoms with Crippen LogP contribution in [0.4, 0.5) is 0 Å². The number of methoxy groups -OCH3 is 1. The van der Waals surface area contributed by atoms with Gasteiger partial charge in [0.05, 0.1) is 20.2 Å². The molecular formula is C19H33IN4O3. The van der Waals surface area contributed by atoms with Gasteiger partial charge in [0.15, 0.2) is 5.96 Å². The average Bonchev–Trinajstić information content (AvgIpc) is 2.66. The molecule has 0 aliphatic rings. The van der Waals surface area contributed by atoms with E-state index in [9.17, 15) is 4.79 Å². The first-order valence-electron chi connectivity index (χ1n) is 9.21. The number of halogens is 1. The van der Waals surface area contributed by atoms with Crippen molar-refractivity contribution < 1.29 is 14.3 Å². The van der Waals surface area contributed by atoms with Crippen molar-refractivity contribution in [2.24, 2.45) is 4.99 Å². The summed E-state index contributed by atoms with van der Waals surface area (Å²) in [5.41, 5.74) is 0. The molecule has 0 aromatic heterocycles. The third kappa shape index (κ3) is 10.3. The van der Waals surface area contributed by atoms with Gasteiger partial charge in [0.25, 0.3) is 0 Å². The van der Waals surface area contributed by atoms with Gasteiger partial charge in [-0.05, 0) is 32.9 Å². The number of rotatable bonds is 11. The van der Waals surface area contributed by atoms with Crippen LogP contribution in [0, 0.1) is 0 Å². The molecule has 7 nitrogen and oxygen atoms in total. The summed E-state index contributed by atoms with van der Waals surface area (Å²) in [6.45, 7) is 9.76. The van der Waals surface area contributed by atoms with E-state index < -0.39 is 0 Å². The number of nitrogens with zero attached hydrogens (tertiary/aromatic N) is 2. The molecule has 1 amide bonds. The number of hydrogen-bond donors (Lipinski definition) is 2. The molecule has 0 heterocycles. The maximum Gasteiger partial charge on any atom is 0.224 e. The zero-order valence-corrected chi connectivity index (χ0v) is 19.1. The number of benzene rings is 1. The van der Waals surface area contributed by atoms with Gasteiger partial charge in [0.2, 0.25) is 5.91 Å². The lowest BCUT2D eigenvalue weighted by molar-refractivity contribution is -0.130. The van der Waals surface area contributed by atoms with Crippen molar-refractivity contribution in [2.75, 3.05) is 46.4 Å². The zero-order chi connectivity index (χ0) is 19.2. The van der Waals surface area contributed by atoms with Crippen molar-refractivity contribution >= 4 is 35.8 Å². The lowest BCUT2D eigenvalue weighted by atomic mass is 10.3. The summed E-state index contributed by atoms with van der Waals surface area (Å²) in [7, 11) is 1.63. The summed E-state index contributed by atoms with van der Waals surface area (Å²) in [5.74, 6) is 2.35. The standard InChI is InChI=1S/C19H32N4O3.HI/c1-5-20-19(21-12-11-18(24)23(6-2)7-3)22-13-14-26-17-10-8-9-16(15-17)25-4;/h8-10,15H,5-7,11-14H2,1-4H3,(H2,20,21,22);1H. The highest BCUT2D eigenvalue weighted by Gasteiger charge is 2.08. The van der Waals surface area contributed by atoms with Gasteiger partial charge in [-0.3, -0.25) is 9.79 Å². The van der Waals surface area contributed by atoms with Crippen molar-refractivity contribution in [1.29, 1.82) is 0 Å². The predicted molar refractivity (Wildman–Crippen MR) is 120 cm³/mol. The van der Waals surface area contributed by atoms with Crippen LogP contribution in [0.15, 0.2) is 29.3 Å². The molecule has 0 bridgehead atoms. The third-order valence-electron chi connectivity index (χ3n) is 3.76. The average molecular weight is 492 g/mol. The lowest BCUT2D eigenvalue weighted by Gasteiger charge is -2.18. The van der Waals surface area contributed by atoms with Gasteiger partial charge >= 0.3 is 0 Å². The summed E-state index contributed by atoms with van der Waals surface area (Å²) >= 11 is 0. The van der Waals surface area contributed by atoms with Crippen molar-refractivity contribution in [3.05, 3.63) is 24.3 Å². The first kappa shape index (κ1) is 25.3. The monoisotopic (exact) mass is 492 g/mol. The van der Waals surface area contributed by atoms with Gasteiger partial charge in [0, 0.05) is 32.1 Å². The molecule has 0 saturated carbocycles. The smallest absolute Gasteiger partial charge is 0.224 e. The summed E-state index contributed by atoms with van der Waals surface area (Å²) in [4.78, 5) is 18.3. The van der Waals surface area contributed by atoms with Crippen molar-refractivity contribution in [3.63, 3.8) is 0 Å². The topological polar surface area (TPSA) is 75.2 Å². The van der Waals surface area contributed by atoms with Crippen molar-refractivity contribution in [3.8, 4) is 11.5 Å². The quantitative estimate of drug-likeness (QED) is 0.215. The molecule has 1 aromatic carbocycles. The first-order chi connectivity index (χ1) is 12.6. The van der Waals surface area contributed by atoms with E-state index in [1.165, 1.54) is 0 Å². The lowest BCUT2D eigenvalue weighted by Crippen LogP contribution is -2.39. The van der Waals surface area contributed by atoms with E-state index >= 15 is 0 Å². The fourth-order valence-electron chi connectivity index (χ4n) is 2.37. The molecular weight excluding hydrogens is 459 g/mol. The number of carbonyl (C=O) groups excluding carboxylic acids is 1. The first-order valence-corrected chi connectivity index (χ1v) is 9.21. The van der Waals surface area contributed by atoms with Crippen LogP contribution in [0.2, 0.25) is 0 Å². The maximum absolute atomic E-state index is 12.0. The van der Waals surface area contributed by atoms with Crippen molar-refractivity contribution in [2.45, 2.75) is 27.2 Å². The summed E-state index contributed by atoms with van der Waals surface area (Å²) in [6, 6.07) is 7.50. The highest BCUT2D eigenvalue weighted by Crippen LogP contribution is 2.18. The van der Waals surface area contributed by atoms with E-state index in [-0.39, 0.29) is 29.9 Å². The number of aliphatic imine (C=N–C) groups is 1. The molecule has 8 heteroatoms. The normalized spacial score (nSPS) is 10.6. The molecule has 1 rings (SSSR count). The van der Waals surface area contributed by atoms with Gasteiger partial charge in [-0.15, -0.1) is 24.0 Å². The highest BCUT2D eigenvalue weighted by atomic mass is 127. The molecule has 0 aliphatic carbocycles. The molecule has 27 heavy (non-hydrogen) atoms. The van der Waals surface area contributed by atoms with Gasteiger partial charge in [0.1, 0.15) is 18.1 Å². The Kier molecular flexibility index (Phi) is 14.4. The Labute approximate surface area is 179 Å². The van der Waals surface area contributed by atoms with E-state index in [1.807, 2.05) is 49.9 Å². The molecule has 0 aliphatic heterocycles. The van der Waals surface area contributed by atoms with Gasteiger partial charge < -0.3 is 25.0 Å². The number of amides is 1. The number of hydrogen-bond acceptors (Lipinski definition) is 4. The molecule has 2 N–H and O–H groups in total. The number of guanidine groups is 1. The fraction of sp³-hybridized carbons (Fsp3) is 0.579. The molecule has 0 unspecified atom stereocenters. The second kappa shape index (κ2) is 15.4. The molecule has 0 fully saturated rings. The second-order valence-corrected chi connectivity index (χ2v) is 5.53. The van der Waals surface area contributed by atoms with Crippen LogP contribution in [-0.2, 0) is 4.79 Å². The third-order valence-corrected chi connectivity index (χ3v) is 3.76. The van der Waals surface area contributed by atoms with E-state index in [2.05, 4.69) is 15.6 Å². The highest BCUT2D eigenvalue weighted by molar-refractivity contribution is 14.0. The zero-order valence-electron chi connectivity index (χ0n) is 16.8. The SMILES string of the molecule is CCNC(=NCCC(=O)N(CC)CC)NCCOc1cccc(OC)c1.I. The summed E-state index contributed by atoms with van der Waals surface area (Å²) in [5, 5.41) is 6.38. The molecule has 0 saturated heterocycles. The Morgan fingerprint density at radius 3 is 2.48 bits per heavy atom. The minimum atomic E-state index is 0. The van der Waals surface area contributed by atoms with Crippen LogP contribution in [0.1, 0.15) is 27.2 Å². The van der Waals surface area contributed by atoms with E-state index in [0.29, 0.717) is 32.1 Å². The minimum absolute atomic E-state index is 0. The fourth-order valence-corrected chi connectivity index (χ4v) is 2.37. The van der Waals surface area contributed by atoms with Gasteiger partial charge in [-0.1, -0.05) is 6.07 Å². The summed E-state index contributed by atoms with van der Waals surface area (Å²) in [6.07, 6.45) is 0.415. The van der Waals surface area contributed by atoms with Crippen LogP contribution >= 0.6 is 24.0 Å². The Balaban J connectivity index is 0.00000676. The maximum atomic E-state index is 12.0. The van der Waals surface area contributed by atoms with Crippen molar-refractivity contribution in [1.82, 2.24) is 15.5 Å². The molecule has 0 radical (unpaired) electrons. The Morgan fingerprint density at radius 1 is 1.15 bits per heavy atom. The number of ether oxygens (including phenoxy) is 2. The van der Waals surface area contributed by atoms with Crippen LogP contribution in [0.3, 0.4) is 0 Å². The predicted octanol–water partition coefficient (Wildman–Crippen LogP) is 2.51. The van der Waals surface area contributed by atoms with Gasteiger partial charge in [-0.25, -0.2) is 0 Å². The van der Waals surface area contributed by atoms with Gasteiger partial charge in [-0.2, -0.15) is 0 Å². The van der Waals surface area contributed by atoms with Crippen LogP contribution in [-0.4, -0.2) is 63.2 Å². The summed E-state index contributed by atoms with van der Waals surface area (Å²) < 4.78 is 10.9. The van der Waals surface area contributed by atoms with Crippen LogP contribution < -0.4 is 20.1 Å². The van der Waals surface area contributed by atoms with E-state index in [4.69, 9.17) is 9.47 Å². The van der Waals surface area contributed by atoms with E-state index in [0.717, 1.165) is 31.1 Å². The Bertz CT molecular complexity index is 566. The number of carbonyl (C=O) groups is 1. The number of nitrogens with one attached hydrogen (secondary N) is 2. The molecule has 154 valence electrons. The minimum Gasteiger partial charge on any atom is -0.497 e. The van der Waals surface area contributed by atoms with E-state index in [1.54, 1.807) is 7.11 Å². The van der Waals surface area contributed by atoms with Crippen LogP contribution in [0.5, 0.6) is 11.5 Å². The van der Waals surface area contributed by atoms with Crippen LogP contribution in [0.25, 0.3) is 0 Å². The second-order valence-electron chi connectivity index (χ2n) is 5.53. The molecule has 0 atom stereocenters.